The van der Waals surface area contributed by atoms with Gasteiger partial charge in [-0.3, -0.25) is 4.79 Å². The number of halogens is 1. The highest BCUT2D eigenvalue weighted by Gasteiger charge is 2.15. The van der Waals surface area contributed by atoms with Crippen molar-refractivity contribution in [1.29, 1.82) is 0 Å². The molecule has 2 rings (SSSR count). The average molecular weight is 349 g/mol. The van der Waals surface area contributed by atoms with Gasteiger partial charge in [-0.25, -0.2) is 4.79 Å². The van der Waals surface area contributed by atoms with Crippen LogP contribution in [-0.4, -0.2) is 25.5 Å². The number of methoxy groups -OCH3 is 1. The van der Waals surface area contributed by atoms with Crippen LogP contribution in [0.3, 0.4) is 0 Å². The van der Waals surface area contributed by atoms with Gasteiger partial charge in [0.2, 0.25) is 0 Å². The number of benzene rings is 2. The third kappa shape index (κ3) is 3.92. The minimum Gasteiger partial charge on any atom is -0.496 e. The Morgan fingerprint density at radius 2 is 1.71 bits per heavy atom. The normalized spacial score (nSPS) is 10.0. The topological polar surface area (TPSA) is 52.6 Å². The molecule has 4 nitrogen and oxygen atoms in total. The van der Waals surface area contributed by atoms with Crippen LogP contribution in [0.15, 0.2) is 53.0 Å². The molecule has 0 atom stereocenters. The van der Waals surface area contributed by atoms with Crippen molar-refractivity contribution in [2.24, 2.45) is 0 Å². The maximum absolute atomic E-state index is 12.0. The number of para-hydroxylation sites is 1. The van der Waals surface area contributed by atoms with E-state index in [0.717, 1.165) is 4.47 Å². The van der Waals surface area contributed by atoms with Crippen molar-refractivity contribution in [3.8, 4) is 5.75 Å². The fourth-order valence-electron chi connectivity index (χ4n) is 1.74. The summed E-state index contributed by atoms with van der Waals surface area (Å²) in [6.07, 6.45) is 0. The quantitative estimate of drug-likeness (QED) is 0.613. The number of ether oxygens (including phenoxy) is 2. The summed E-state index contributed by atoms with van der Waals surface area (Å²) in [7, 11) is 1.47. The van der Waals surface area contributed by atoms with E-state index in [1.165, 1.54) is 7.11 Å². The summed E-state index contributed by atoms with van der Waals surface area (Å²) in [5.74, 6) is -0.428. The number of carbonyl (C=O) groups excluding carboxylic acids is 2. The highest BCUT2D eigenvalue weighted by molar-refractivity contribution is 9.10. The van der Waals surface area contributed by atoms with Gasteiger partial charge in [0.25, 0.3) is 0 Å². The Labute approximate surface area is 130 Å². The molecule has 0 unspecified atom stereocenters. The van der Waals surface area contributed by atoms with E-state index in [1.54, 1.807) is 48.5 Å². The summed E-state index contributed by atoms with van der Waals surface area (Å²) in [5.41, 5.74) is 0.787. The van der Waals surface area contributed by atoms with Crippen molar-refractivity contribution >= 4 is 27.7 Å². The molecule has 0 fully saturated rings. The van der Waals surface area contributed by atoms with Crippen molar-refractivity contribution in [3.05, 3.63) is 64.1 Å². The molecule has 108 valence electrons. The molecule has 5 heteroatoms. The highest BCUT2D eigenvalue weighted by atomic mass is 79.9. The number of rotatable bonds is 5. The van der Waals surface area contributed by atoms with Gasteiger partial charge >= 0.3 is 5.97 Å². The third-order valence-electron chi connectivity index (χ3n) is 2.83. The number of esters is 1. The molecule has 0 N–H and O–H groups in total. The number of Topliss-reactive ketones (excluding diaryl/α,β-unsaturated/α-hetero) is 1. The molecule has 0 aromatic heterocycles. The van der Waals surface area contributed by atoms with E-state index in [2.05, 4.69) is 15.9 Å². The molecule has 21 heavy (non-hydrogen) atoms. The van der Waals surface area contributed by atoms with Gasteiger partial charge in [0.05, 0.1) is 7.11 Å². The van der Waals surface area contributed by atoms with Gasteiger partial charge in [-0.15, -0.1) is 0 Å². The largest absolute Gasteiger partial charge is 0.496 e. The summed E-state index contributed by atoms with van der Waals surface area (Å²) in [6, 6.07) is 13.6. The highest BCUT2D eigenvalue weighted by Crippen LogP contribution is 2.18. The van der Waals surface area contributed by atoms with Gasteiger partial charge in [-0.2, -0.15) is 0 Å². The predicted octanol–water partition coefficient (Wildman–Crippen LogP) is 3.50. The SMILES string of the molecule is COc1ccccc1C(=O)OCC(=O)c1ccc(Br)cc1. The van der Waals surface area contributed by atoms with Crippen molar-refractivity contribution < 1.29 is 19.1 Å². The van der Waals surface area contributed by atoms with Gasteiger partial charge in [0.15, 0.2) is 12.4 Å². The fourth-order valence-corrected chi connectivity index (χ4v) is 2.01. The second-order valence-corrected chi connectivity index (χ2v) is 5.12. The van der Waals surface area contributed by atoms with Gasteiger partial charge in [0, 0.05) is 10.0 Å². The lowest BCUT2D eigenvalue weighted by atomic mass is 10.1. The molecule has 0 radical (unpaired) electrons. The van der Waals surface area contributed by atoms with E-state index in [9.17, 15) is 9.59 Å². The van der Waals surface area contributed by atoms with Gasteiger partial charge in [0.1, 0.15) is 11.3 Å². The monoisotopic (exact) mass is 348 g/mol. The standard InChI is InChI=1S/C16H13BrO4/c1-20-15-5-3-2-4-13(15)16(19)21-10-14(18)11-6-8-12(17)9-7-11/h2-9H,10H2,1H3. The van der Waals surface area contributed by atoms with E-state index in [4.69, 9.17) is 9.47 Å². The lowest BCUT2D eigenvalue weighted by molar-refractivity contribution is 0.0471. The summed E-state index contributed by atoms with van der Waals surface area (Å²) < 4.78 is 11.0. The molecule has 0 saturated heterocycles. The first kappa shape index (κ1) is 15.3. The molecule has 0 spiro atoms. The first-order valence-corrected chi connectivity index (χ1v) is 7.00. The average Bonchev–Trinajstić information content (AvgIpc) is 2.52. The number of hydrogen-bond donors (Lipinski definition) is 0. The number of carbonyl (C=O) groups is 2. The lowest BCUT2D eigenvalue weighted by Gasteiger charge is -2.08. The predicted molar refractivity (Wildman–Crippen MR) is 81.7 cm³/mol. The Balaban J connectivity index is 2.01. The van der Waals surface area contributed by atoms with E-state index in [1.807, 2.05) is 0 Å². The van der Waals surface area contributed by atoms with Gasteiger partial charge in [-0.05, 0) is 24.3 Å². The zero-order valence-corrected chi connectivity index (χ0v) is 12.9. The Morgan fingerprint density at radius 1 is 1.05 bits per heavy atom. The van der Waals surface area contributed by atoms with Crippen LogP contribution in [0.4, 0.5) is 0 Å². The van der Waals surface area contributed by atoms with Crippen LogP contribution in [0, 0.1) is 0 Å². The molecule has 2 aromatic carbocycles. The molecule has 0 saturated carbocycles. The molecular weight excluding hydrogens is 336 g/mol. The third-order valence-corrected chi connectivity index (χ3v) is 3.36. The Morgan fingerprint density at radius 3 is 2.38 bits per heavy atom. The molecule has 0 aliphatic carbocycles. The van der Waals surface area contributed by atoms with Crippen LogP contribution >= 0.6 is 15.9 Å². The van der Waals surface area contributed by atoms with Crippen LogP contribution in [0.2, 0.25) is 0 Å². The van der Waals surface area contributed by atoms with Crippen LogP contribution in [0.5, 0.6) is 5.75 Å². The minimum absolute atomic E-state index is 0.259. The summed E-state index contributed by atoms with van der Waals surface area (Å²) in [6.45, 7) is -0.307. The van der Waals surface area contributed by atoms with Crippen molar-refractivity contribution in [2.75, 3.05) is 13.7 Å². The summed E-state index contributed by atoms with van der Waals surface area (Å²) >= 11 is 3.29. The minimum atomic E-state index is -0.585. The first-order chi connectivity index (χ1) is 10.1. The van der Waals surface area contributed by atoms with E-state index in [-0.39, 0.29) is 12.4 Å². The zero-order chi connectivity index (χ0) is 15.2. The first-order valence-electron chi connectivity index (χ1n) is 6.20. The second kappa shape index (κ2) is 7.04. The maximum Gasteiger partial charge on any atom is 0.342 e. The molecule has 0 heterocycles. The number of hydrogen-bond acceptors (Lipinski definition) is 4. The molecule has 0 aliphatic heterocycles. The van der Waals surface area contributed by atoms with Gasteiger partial charge < -0.3 is 9.47 Å². The lowest BCUT2D eigenvalue weighted by Crippen LogP contribution is -2.14. The smallest absolute Gasteiger partial charge is 0.342 e. The molecule has 2 aromatic rings. The Bertz CT molecular complexity index is 650. The molecule has 0 amide bonds. The maximum atomic E-state index is 12.0. The molecule has 0 bridgehead atoms. The number of ketones is 1. The van der Waals surface area contributed by atoms with Crippen molar-refractivity contribution in [3.63, 3.8) is 0 Å². The fraction of sp³-hybridized carbons (Fsp3) is 0.125. The second-order valence-electron chi connectivity index (χ2n) is 4.21. The van der Waals surface area contributed by atoms with Crippen LogP contribution in [-0.2, 0) is 4.74 Å². The molecular formula is C16H13BrO4. The zero-order valence-electron chi connectivity index (χ0n) is 11.3. The summed E-state index contributed by atoms with van der Waals surface area (Å²) in [4.78, 5) is 23.9. The summed E-state index contributed by atoms with van der Waals surface area (Å²) in [5, 5.41) is 0. The van der Waals surface area contributed by atoms with Crippen LogP contribution in [0.25, 0.3) is 0 Å². The van der Waals surface area contributed by atoms with E-state index in [0.29, 0.717) is 16.9 Å². The Kier molecular flexibility index (Phi) is 5.11. The van der Waals surface area contributed by atoms with E-state index < -0.39 is 5.97 Å². The van der Waals surface area contributed by atoms with Crippen molar-refractivity contribution in [2.45, 2.75) is 0 Å². The van der Waals surface area contributed by atoms with Crippen molar-refractivity contribution in [1.82, 2.24) is 0 Å². The van der Waals surface area contributed by atoms with E-state index >= 15 is 0 Å². The van der Waals surface area contributed by atoms with Crippen LogP contribution in [0.1, 0.15) is 20.7 Å². The Hall–Kier alpha value is -2.14. The van der Waals surface area contributed by atoms with Gasteiger partial charge in [-0.1, -0.05) is 40.2 Å². The molecule has 0 aliphatic rings. The van der Waals surface area contributed by atoms with Crippen LogP contribution < -0.4 is 4.74 Å².